The highest BCUT2D eigenvalue weighted by molar-refractivity contribution is 6.31. The molecule has 0 aliphatic carbocycles. The molecule has 0 heterocycles. The second-order valence-corrected chi connectivity index (χ2v) is 3.73. The molecule has 1 aromatic carbocycles. The molecule has 3 N–H and O–H groups in total. The third-order valence-corrected chi connectivity index (χ3v) is 2.28. The fourth-order valence-electron chi connectivity index (χ4n) is 1.28. The number of benzene rings is 1. The Morgan fingerprint density at radius 3 is 2.87 bits per heavy atom. The zero-order valence-corrected chi connectivity index (χ0v) is 9.80. The maximum Gasteiger partial charge on any atom is 0.0874 e. The average Bonchev–Trinajstić information content (AvgIpc) is 2.18. The Kier molecular flexibility index (Phi) is 4.59. The maximum atomic E-state index is 5.91. The lowest BCUT2D eigenvalue weighted by atomic mass is 10.2. The molecule has 15 heavy (non-hydrogen) atoms. The first-order valence-electron chi connectivity index (χ1n) is 4.89. The summed E-state index contributed by atoms with van der Waals surface area (Å²) >= 11 is 5.91. The van der Waals surface area contributed by atoms with Gasteiger partial charge in [0.05, 0.1) is 11.4 Å². The van der Waals surface area contributed by atoms with Crippen molar-refractivity contribution in [1.29, 1.82) is 0 Å². The van der Waals surface area contributed by atoms with Gasteiger partial charge in [-0.05, 0) is 38.1 Å². The third kappa shape index (κ3) is 3.53. The minimum atomic E-state index is 0.616. The van der Waals surface area contributed by atoms with E-state index in [9.17, 15) is 0 Å². The first kappa shape index (κ1) is 12.0. The maximum absolute atomic E-state index is 5.91. The molecule has 0 aromatic heterocycles. The highest BCUT2D eigenvalue weighted by Gasteiger charge is 2.01. The van der Waals surface area contributed by atoms with Crippen LogP contribution in [-0.2, 0) is 0 Å². The van der Waals surface area contributed by atoms with Gasteiger partial charge in [0.1, 0.15) is 0 Å². The predicted molar refractivity (Wildman–Crippen MR) is 67.4 cm³/mol. The molecule has 0 fully saturated rings. The van der Waals surface area contributed by atoms with E-state index in [1.165, 1.54) is 0 Å². The summed E-state index contributed by atoms with van der Waals surface area (Å²) in [4.78, 5) is 4.47. The second kappa shape index (κ2) is 5.73. The summed E-state index contributed by atoms with van der Waals surface area (Å²) < 4.78 is 0. The van der Waals surface area contributed by atoms with Gasteiger partial charge < -0.3 is 11.1 Å². The number of nitrogens with zero attached hydrogens (tertiary/aromatic N) is 1. The van der Waals surface area contributed by atoms with Crippen molar-refractivity contribution in [3.8, 4) is 0 Å². The lowest BCUT2D eigenvalue weighted by Gasteiger charge is -2.06. The van der Waals surface area contributed by atoms with Crippen molar-refractivity contribution < 1.29 is 0 Å². The molecule has 82 valence electrons. The van der Waals surface area contributed by atoms with E-state index < -0.39 is 0 Å². The van der Waals surface area contributed by atoms with Gasteiger partial charge in [0.15, 0.2) is 0 Å². The molecule has 0 saturated carbocycles. The smallest absolute Gasteiger partial charge is 0.0874 e. The highest BCUT2D eigenvalue weighted by Crippen LogP contribution is 2.28. The summed E-state index contributed by atoms with van der Waals surface area (Å²) in [6, 6.07) is 5.59. The van der Waals surface area contributed by atoms with Gasteiger partial charge in [-0.25, -0.2) is 0 Å². The summed E-state index contributed by atoms with van der Waals surface area (Å²) in [6.07, 6.45) is 0.801. The van der Waals surface area contributed by atoms with Crippen LogP contribution in [0.5, 0.6) is 0 Å². The molecule has 0 saturated heterocycles. The Hall–Kier alpha value is -1.06. The minimum absolute atomic E-state index is 0.616. The molecule has 0 aliphatic rings. The molecule has 0 amide bonds. The molecular weight excluding hydrogens is 210 g/mol. The molecule has 0 unspecified atom stereocenters. The molecule has 0 spiro atoms. The Morgan fingerprint density at radius 2 is 2.27 bits per heavy atom. The highest BCUT2D eigenvalue weighted by atomic mass is 35.5. The molecule has 0 bridgehead atoms. The van der Waals surface area contributed by atoms with E-state index in [-0.39, 0.29) is 0 Å². The molecule has 0 atom stereocenters. The molecule has 0 aliphatic heterocycles. The number of rotatable bonds is 4. The number of halogens is 1. The summed E-state index contributed by atoms with van der Waals surface area (Å²) in [5, 5.41) is 3.76. The zero-order chi connectivity index (χ0) is 11.3. The first-order valence-corrected chi connectivity index (χ1v) is 5.26. The Morgan fingerprint density at radius 1 is 1.53 bits per heavy atom. The van der Waals surface area contributed by atoms with E-state index in [0.29, 0.717) is 11.6 Å². The Labute approximate surface area is 95.3 Å². The Bertz CT molecular complexity index is 361. The summed E-state index contributed by atoms with van der Waals surface area (Å²) in [5.74, 6) is 0. The van der Waals surface area contributed by atoms with Crippen LogP contribution in [-0.4, -0.2) is 19.3 Å². The van der Waals surface area contributed by atoms with Crippen LogP contribution < -0.4 is 11.1 Å². The van der Waals surface area contributed by atoms with E-state index in [4.69, 9.17) is 17.3 Å². The van der Waals surface area contributed by atoms with Crippen LogP contribution in [0.1, 0.15) is 13.3 Å². The van der Waals surface area contributed by atoms with Gasteiger partial charge in [-0.15, -0.1) is 0 Å². The number of hydrogen-bond donors (Lipinski definition) is 2. The van der Waals surface area contributed by atoms with Crippen LogP contribution in [0, 0.1) is 0 Å². The molecule has 4 heteroatoms. The van der Waals surface area contributed by atoms with Crippen molar-refractivity contribution in [3.63, 3.8) is 0 Å². The standard InChI is InChI=1S/C11H16ClN3/c1-8(5-6-13)15-11-7-9(12)3-4-10(11)14-2/h3-4,7,14H,5-6,13H2,1-2H3. The summed E-state index contributed by atoms with van der Waals surface area (Å²) in [7, 11) is 1.86. The van der Waals surface area contributed by atoms with Crippen LogP contribution >= 0.6 is 11.6 Å². The molecular formula is C11H16ClN3. The van der Waals surface area contributed by atoms with E-state index in [0.717, 1.165) is 23.5 Å². The van der Waals surface area contributed by atoms with Crippen LogP contribution in [0.4, 0.5) is 11.4 Å². The van der Waals surface area contributed by atoms with Crippen molar-refractivity contribution in [2.75, 3.05) is 18.9 Å². The fraction of sp³-hybridized carbons (Fsp3) is 0.364. The van der Waals surface area contributed by atoms with Crippen molar-refractivity contribution in [2.45, 2.75) is 13.3 Å². The molecule has 1 rings (SSSR count). The molecule has 1 aromatic rings. The van der Waals surface area contributed by atoms with Crippen molar-refractivity contribution in [3.05, 3.63) is 23.2 Å². The van der Waals surface area contributed by atoms with Crippen molar-refractivity contribution in [1.82, 2.24) is 0 Å². The normalized spacial score (nSPS) is 11.6. The summed E-state index contributed by atoms with van der Waals surface area (Å²) in [6.45, 7) is 2.58. The average molecular weight is 226 g/mol. The predicted octanol–water partition coefficient (Wildman–Crippen LogP) is 2.82. The number of hydrogen-bond acceptors (Lipinski definition) is 3. The van der Waals surface area contributed by atoms with Crippen LogP contribution in [0.15, 0.2) is 23.2 Å². The van der Waals surface area contributed by atoms with Gasteiger partial charge in [-0.3, -0.25) is 4.99 Å². The first-order chi connectivity index (χ1) is 7.17. The topological polar surface area (TPSA) is 50.4 Å². The van der Waals surface area contributed by atoms with Crippen LogP contribution in [0.3, 0.4) is 0 Å². The van der Waals surface area contributed by atoms with E-state index >= 15 is 0 Å². The minimum Gasteiger partial charge on any atom is -0.386 e. The van der Waals surface area contributed by atoms with E-state index in [2.05, 4.69) is 10.3 Å². The van der Waals surface area contributed by atoms with Crippen LogP contribution in [0.25, 0.3) is 0 Å². The second-order valence-electron chi connectivity index (χ2n) is 3.30. The van der Waals surface area contributed by atoms with Gasteiger partial charge in [0.2, 0.25) is 0 Å². The van der Waals surface area contributed by atoms with Gasteiger partial charge >= 0.3 is 0 Å². The number of anilines is 1. The van der Waals surface area contributed by atoms with E-state index in [1.54, 1.807) is 0 Å². The quantitative estimate of drug-likeness (QED) is 0.775. The SMILES string of the molecule is CNc1ccc(Cl)cc1N=C(C)CCN. The van der Waals surface area contributed by atoms with E-state index in [1.807, 2.05) is 32.2 Å². The summed E-state index contributed by atoms with van der Waals surface area (Å²) in [5.41, 5.74) is 8.30. The largest absolute Gasteiger partial charge is 0.386 e. The van der Waals surface area contributed by atoms with Crippen molar-refractivity contribution >= 4 is 28.7 Å². The fourth-order valence-corrected chi connectivity index (χ4v) is 1.45. The molecule has 3 nitrogen and oxygen atoms in total. The Balaban J connectivity index is 3.01. The monoisotopic (exact) mass is 225 g/mol. The number of nitrogens with one attached hydrogen (secondary N) is 1. The van der Waals surface area contributed by atoms with Gasteiger partial charge in [-0.1, -0.05) is 11.6 Å². The lowest BCUT2D eigenvalue weighted by molar-refractivity contribution is 1.04. The van der Waals surface area contributed by atoms with Crippen LogP contribution in [0.2, 0.25) is 5.02 Å². The van der Waals surface area contributed by atoms with Crippen molar-refractivity contribution in [2.24, 2.45) is 10.7 Å². The number of aliphatic imine (C=N–C) groups is 1. The van der Waals surface area contributed by atoms with Gasteiger partial charge in [-0.2, -0.15) is 0 Å². The lowest BCUT2D eigenvalue weighted by Crippen LogP contribution is -2.04. The number of nitrogens with two attached hydrogens (primary N) is 1. The molecule has 0 radical (unpaired) electrons. The third-order valence-electron chi connectivity index (χ3n) is 2.05. The van der Waals surface area contributed by atoms with Gasteiger partial charge in [0, 0.05) is 17.8 Å². The zero-order valence-electron chi connectivity index (χ0n) is 9.05. The van der Waals surface area contributed by atoms with Gasteiger partial charge in [0.25, 0.3) is 0 Å².